The number of rotatable bonds is 7. The van der Waals surface area contributed by atoms with Gasteiger partial charge < -0.3 is 10.6 Å². The molecule has 1 rings (SSSR count). The molecule has 3 heteroatoms. The summed E-state index contributed by atoms with van der Waals surface area (Å²) in [6.07, 6.45) is 3.71. The zero-order valence-electron chi connectivity index (χ0n) is 10.8. The molecular weight excluding hydrogens is 212 g/mol. The smallest absolute Gasteiger partial charge is 0.224 e. The van der Waals surface area contributed by atoms with Crippen molar-refractivity contribution in [2.45, 2.75) is 39.5 Å². The van der Waals surface area contributed by atoms with Gasteiger partial charge in [0.2, 0.25) is 5.91 Å². The average Bonchev–Trinajstić information content (AvgIpc) is 2.35. The number of hydrogen-bond acceptors (Lipinski definition) is 2. The van der Waals surface area contributed by atoms with Gasteiger partial charge in [-0.3, -0.25) is 4.79 Å². The van der Waals surface area contributed by atoms with Crippen molar-refractivity contribution in [3.63, 3.8) is 0 Å². The first kappa shape index (κ1) is 13.6. The van der Waals surface area contributed by atoms with E-state index in [0.717, 1.165) is 37.2 Å². The summed E-state index contributed by atoms with van der Waals surface area (Å²) in [6.45, 7) is 5.19. The van der Waals surface area contributed by atoms with Gasteiger partial charge >= 0.3 is 0 Å². The second kappa shape index (κ2) is 7.71. The Bertz CT molecular complexity index is 333. The minimum Gasteiger partial charge on any atom is -0.385 e. The van der Waals surface area contributed by atoms with Crippen LogP contribution < -0.4 is 10.6 Å². The molecule has 0 aliphatic carbocycles. The molecule has 17 heavy (non-hydrogen) atoms. The summed E-state index contributed by atoms with van der Waals surface area (Å²) < 4.78 is 0. The van der Waals surface area contributed by atoms with Crippen LogP contribution >= 0.6 is 0 Å². The predicted molar refractivity (Wildman–Crippen MR) is 73.4 cm³/mol. The Balaban J connectivity index is 2.42. The maximum absolute atomic E-state index is 11.5. The van der Waals surface area contributed by atoms with Crippen LogP contribution in [-0.4, -0.2) is 12.5 Å². The lowest BCUT2D eigenvalue weighted by atomic mass is 10.2. The molecular formula is C14H22N2O. The summed E-state index contributed by atoms with van der Waals surface area (Å²) in [7, 11) is 0. The van der Waals surface area contributed by atoms with Gasteiger partial charge in [0.25, 0.3) is 0 Å². The van der Waals surface area contributed by atoms with Crippen molar-refractivity contribution >= 4 is 17.3 Å². The van der Waals surface area contributed by atoms with Crippen molar-refractivity contribution in [2.24, 2.45) is 0 Å². The standard InChI is InChI=1S/C14H22N2O/c1-3-5-6-14(17)16-13-9-7-12(8-10-13)15-11-4-2/h7-10,15H,3-6,11H2,1-2H3,(H,16,17). The summed E-state index contributed by atoms with van der Waals surface area (Å²) in [4.78, 5) is 11.5. The molecule has 0 aliphatic rings. The SMILES string of the molecule is CCCCC(=O)Nc1ccc(NCCC)cc1. The second-order valence-corrected chi connectivity index (χ2v) is 4.16. The number of benzene rings is 1. The fourth-order valence-electron chi connectivity index (χ4n) is 1.50. The lowest BCUT2D eigenvalue weighted by Crippen LogP contribution is -2.10. The van der Waals surface area contributed by atoms with Crippen molar-refractivity contribution in [1.82, 2.24) is 0 Å². The first-order valence-corrected chi connectivity index (χ1v) is 6.40. The summed E-state index contributed by atoms with van der Waals surface area (Å²) in [6, 6.07) is 7.85. The molecule has 0 atom stereocenters. The Hall–Kier alpha value is -1.51. The van der Waals surface area contributed by atoms with E-state index in [9.17, 15) is 4.79 Å². The van der Waals surface area contributed by atoms with Gasteiger partial charge in [-0.1, -0.05) is 20.3 Å². The molecule has 94 valence electrons. The maximum Gasteiger partial charge on any atom is 0.224 e. The van der Waals surface area contributed by atoms with E-state index in [1.807, 2.05) is 24.3 Å². The van der Waals surface area contributed by atoms with Gasteiger partial charge in [-0.05, 0) is 37.1 Å². The first-order valence-electron chi connectivity index (χ1n) is 6.40. The van der Waals surface area contributed by atoms with E-state index in [4.69, 9.17) is 0 Å². The number of carbonyl (C=O) groups excluding carboxylic acids is 1. The summed E-state index contributed by atoms with van der Waals surface area (Å²) in [5.74, 6) is 0.0983. The van der Waals surface area contributed by atoms with Gasteiger partial charge in [0.15, 0.2) is 0 Å². The van der Waals surface area contributed by atoms with Gasteiger partial charge in [0, 0.05) is 24.3 Å². The highest BCUT2D eigenvalue weighted by Gasteiger charge is 2.01. The summed E-state index contributed by atoms with van der Waals surface area (Å²) in [5, 5.41) is 6.19. The van der Waals surface area contributed by atoms with E-state index in [-0.39, 0.29) is 5.91 Å². The third-order valence-electron chi connectivity index (χ3n) is 2.51. The van der Waals surface area contributed by atoms with Crippen LogP contribution in [0.2, 0.25) is 0 Å². The highest BCUT2D eigenvalue weighted by molar-refractivity contribution is 5.90. The highest BCUT2D eigenvalue weighted by atomic mass is 16.1. The highest BCUT2D eigenvalue weighted by Crippen LogP contribution is 2.14. The lowest BCUT2D eigenvalue weighted by molar-refractivity contribution is -0.116. The first-order chi connectivity index (χ1) is 8.26. The number of carbonyl (C=O) groups is 1. The lowest BCUT2D eigenvalue weighted by Gasteiger charge is -2.07. The van der Waals surface area contributed by atoms with E-state index in [0.29, 0.717) is 6.42 Å². The molecule has 0 fully saturated rings. The molecule has 0 aliphatic heterocycles. The monoisotopic (exact) mass is 234 g/mol. The van der Waals surface area contributed by atoms with Gasteiger partial charge in [0.05, 0.1) is 0 Å². The Morgan fingerprint density at radius 2 is 1.71 bits per heavy atom. The molecule has 0 saturated carbocycles. The van der Waals surface area contributed by atoms with Gasteiger partial charge in [-0.25, -0.2) is 0 Å². The largest absolute Gasteiger partial charge is 0.385 e. The minimum atomic E-state index is 0.0983. The van der Waals surface area contributed by atoms with Crippen LogP contribution in [0.15, 0.2) is 24.3 Å². The predicted octanol–water partition coefficient (Wildman–Crippen LogP) is 3.64. The van der Waals surface area contributed by atoms with Crippen molar-refractivity contribution in [2.75, 3.05) is 17.2 Å². The van der Waals surface area contributed by atoms with Crippen LogP contribution in [0.4, 0.5) is 11.4 Å². The van der Waals surface area contributed by atoms with Crippen molar-refractivity contribution < 1.29 is 4.79 Å². The molecule has 2 N–H and O–H groups in total. The van der Waals surface area contributed by atoms with E-state index in [2.05, 4.69) is 24.5 Å². The van der Waals surface area contributed by atoms with Crippen LogP contribution in [0, 0.1) is 0 Å². The van der Waals surface area contributed by atoms with Crippen LogP contribution in [0.1, 0.15) is 39.5 Å². The molecule has 3 nitrogen and oxygen atoms in total. The molecule has 0 unspecified atom stereocenters. The van der Waals surface area contributed by atoms with Crippen LogP contribution in [0.3, 0.4) is 0 Å². The van der Waals surface area contributed by atoms with E-state index in [1.165, 1.54) is 0 Å². The van der Waals surface area contributed by atoms with Crippen LogP contribution in [-0.2, 0) is 4.79 Å². The maximum atomic E-state index is 11.5. The van der Waals surface area contributed by atoms with Gasteiger partial charge in [-0.2, -0.15) is 0 Å². The molecule has 0 radical (unpaired) electrons. The molecule has 0 heterocycles. The second-order valence-electron chi connectivity index (χ2n) is 4.16. The third-order valence-corrected chi connectivity index (χ3v) is 2.51. The normalized spacial score (nSPS) is 10.0. The zero-order chi connectivity index (χ0) is 12.5. The number of amides is 1. The fourth-order valence-corrected chi connectivity index (χ4v) is 1.50. The van der Waals surface area contributed by atoms with Crippen molar-refractivity contribution in [3.8, 4) is 0 Å². The van der Waals surface area contributed by atoms with Crippen molar-refractivity contribution in [1.29, 1.82) is 0 Å². The third kappa shape index (κ3) is 5.38. The Kier molecular flexibility index (Phi) is 6.15. The quantitative estimate of drug-likeness (QED) is 0.756. The van der Waals surface area contributed by atoms with E-state index < -0.39 is 0 Å². The zero-order valence-corrected chi connectivity index (χ0v) is 10.8. The topological polar surface area (TPSA) is 41.1 Å². The Morgan fingerprint density at radius 1 is 1.06 bits per heavy atom. The Labute approximate surface area is 104 Å². The molecule has 0 aromatic heterocycles. The number of unbranched alkanes of at least 4 members (excludes halogenated alkanes) is 1. The molecule has 1 amide bonds. The summed E-state index contributed by atoms with van der Waals surface area (Å²) >= 11 is 0. The minimum absolute atomic E-state index is 0.0983. The molecule has 1 aromatic rings. The molecule has 0 spiro atoms. The van der Waals surface area contributed by atoms with Gasteiger partial charge in [-0.15, -0.1) is 0 Å². The number of hydrogen-bond donors (Lipinski definition) is 2. The van der Waals surface area contributed by atoms with Crippen molar-refractivity contribution in [3.05, 3.63) is 24.3 Å². The average molecular weight is 234 g/mol. The number of nitrogens with one attached hydrogen (secondary N) is 2. The van der Waals surface area contributed by atoms with Crippen LogP contribution in [0.5, 0.6) is 0 Å². The van der Waals surface area contributed by atoms with Crippen LogP contribution in [0.25, 0.3) is 0 Å². The molecule has 1 aromatic carbocycles. The number of anilines is 2. The van der Waals surface area contributed by atoms with E-state index >= 15 is 0 Å². The molecule has 0 saturated heterocycles. The molecule has 0 bridgehead atoms. The fraction of sp³-hybridized carbons (Fsp3) is 0.500. The Morgan fingerprint density at radius 3 is 2.29 bits per heavy atom. The summed E-state index contributed by atoms with van der Waals surface area (Å²) in [5.41, 5.74) is 1.96. The van der Waals surface area contributed by atoms with Gasteiger partial charge in [0.1, 0.15) is 0 Å². The van der Waals surface area contributed by atoms with E-state index in [1.54, 1.807) is 0 Å².